The summed E-state index contributed by atoms with van der Waals surface area (Å²) >= 11 is 5.73. The van der Waals surface area contributed by atoms with Crippen LogP contribution in [-0.4, -0.2) is 56.6 Å². The second-order valence-electron chi connectivity index (χ2n) is 4.18. The van der Waals surface area contributed by atoms with E-state index in [-0.39, 0.29) is 19.1 Å². The molecule has 6 nitrogen and oxygen atoms in total. The highest BCUT2D eigenvalue weighted by Gasteiger charge is 2.38. The number of hydrogen-bond donors (Lipinski definition) is 3. The summed E-state index contributed by atoms with van der Waals surface area (Å²) in [4.78, 5) is 0. The van der Waals surface area contributed by atoms with Gasteiger partial charge in [-0.05, 0) is 0 Å². The molecule has 7 heteroatoms. The number of ether oxygens (including phenoxy) is 1. The molecule has 3 N–H and O–H groups in total. The summed E-state index contributed by atoms with van der Waals surface area (Å²) < 4.78 is 6.86. The van der Waals surface area contributed by atoms with Crippen molar-refractivity contribution in [3.63, 3.8) is 0 Å². The first-order chi connectivity index (χ1) is 8.11. The van der Waals surface area contributed by atoms with E-state index in [0.717, 1.165) is 0 Å². The largest absolute Gasteiger partial charge is 0.394 e. The second-order valence-corrected chi connectivity index (χ2v) is 4.61. The summed E-state index contributed by atoms with van der Waals surface area (Å²) in [6, 6.07) is 0. The summed E-state index contributed by atoms with van der Waals surface area (Å²) in [5, 5.41) is 33.0. The maximum absolute atomic E-state index is 9.89. The molecule has 1 aromatic heterocycles. The zero-order valence-corrected chi connectivity index (χ0v) is 9.86. The van der Waals surface area contributed by atoms with Crippen LogP contribution in [0.3, 0.4) is 0 Å². The van der Waals surface area contributed by atoms with E-state index in [2.05, 4.69) is 5.10 Å². The predicted octanol–water partition coefficient (Wildman–Crippen LogP) is -0.734. The highest BCUT2D eigenvalue weighted by Crippen LogP contribution is 2.22. The molecule has 96 valence electrons. The van der Waals surface area contributed by atoms with E-state index in [4.69, 9.17) is 21.4 Å². The molecule has 2 rings (SSSR count). The first-order valence-electron chi connectivity index (χ1n) is 5.38. The van der Waals surface area contributed by atoms with Crippen LogP contribution in [0.25, 0.3) is 0 Å². The van der Waals surface area contributed by atoms with E-state index in [9.17, 15) is 10.2 Å². The quantitative estimate of drug-likeness (QED) is 0.668. The van der Waals surface area contributed by atoms with Crippen LogP contribution >= 0.6 is 11.6 Å². The Bertz CT molecular complexity index is 373. The Labute approximate surface area is 103 Å². The molecule has 0 radical (unpaired) electrons. The minimum atomic E-state index is -1.08. The molecule has 0 amide bonds. The van der Waals surface area contributed by atoms with Crippen molar-refractivity contribution in [1.82, 2.24) is 9.78 Å². The van der Waals surface area contributed by atoms with Crippen LogP contribution in [0.1, 0.15) is 0 Å². The molecule has 0 aromatic carbocycles. The van der Waals surface area contributed by atoms with Gasteiger partial charge in [0, 0.05) is 18.7 Å². The molecular formula is C10H15ClN2O4. The molecule has 1 aromatic rings. The van der Waals surface area contributed by atoms with Gasteiger partial charge in [-0.25, -0.2) is 0 Å². The third-order valence-corrected chi connectivity index (χ3v) is 3.14. The summed E-state index contributed by atoms with van der Waals surface area (Å²) in [5.74, 6) is -0.274. The van der Waals surface area contributed by atoms with E-state index in [1.165, 1.54) is 6.20 Å². The van der Waals surface area contributed by atoms with E-state index in [1.807, 2.05) is 0 Å². The van der Waals surface area contributed by atoms with Gasteiger partial charge < -0.3 is 20.1 Å². The average Bonchev–Trinajstić information content (AvgIpc) is 2.71. The van der Waals surface area contributed by atoms with Crippen molar-refractivity contribution in [2.24, 2.45) is 5.92 Å². The standard InChI is InChI=1S/C10H15ClN2O4/c11-7-1-12-13(3-7)2-6-5-17-8(4-14)10(16)9(6)15/h1,3,6,8-10,14-16H,2,4-5H2/t6-,8-,9-,10+/m1/s1. The third-order valence-electron chi connectivity index (χ3n) is 2.94. The van der Waals surface area contributed by atoms with Crippen LogP contribution in [0.15, 0.2) is 12.4 Å². The minimum absolute atomic E-state index is 0.265. The third kappa shape index (κ3) is 2.78. The summed E-state index contributed by atoms with van der Waals surface area (Å²) in [6.07, 6.45) is 0.403. The van der Waals surface area contributed by atoms with E-state index in [1.54, 1.807) is 10.9 Å². The fourth-order valence-electron chi connectivity index (χ4n) is 1.94. The van der Waals surface area contributed by atoms with Crippen molar-refractivity contribution < 1.29 is 20.1 Å². The lowest BCUT2D eigenvalue weighted by Gasteiger charge is -2.36. The zero-order valence-electron chi connectivity index (χ0n) is 9.11. The van der Waals surface area contributed by atoms with Crippen LogP contribution < -0.4 is 0 Å². The van der Waals surface area contributed by atoms with Gasteiger partial charge in [0.1, 0.15) is 12.2 Å². The monoisotopic (exact) mass is 262 g/mol. The van der Waals surface area contributed by atoms with Crippen LogP contribution in [0.5, 0.6) is 0 Å². The molecule has 17 heavy (non-hydrogen) atoms. The Balaban J connectivity index is 1.98. The zero-order chi connectivity index (χ0) is 12.4. The summed E-state index contributed by atoms with van der Waals surface area (Å²) in [6.45, 7) is 0.364. The first kappa shape index (κ1) is 12.8. The van der Waals surface area contributed by atoms with Gasteiger partial charge in [0.2, 0.25) is 0 Å². The molecule has 2 heterocycles. The molecule has 0 saturated carbocycles. The molecule has 4 atom stereocenters. The van der Waals surface area contributed by atoms with Crippen molar-refractivity contribution in [1.29, 1.82) is 0 Å². The fraction of sp³-hybridized carbons (Fsp3) is 0.700. The maximum atomic E-state index is 9.89. The topological polar surface area (TPSA) is 87.7 Å². The SMILES string of the molecule is OC[C@H]1OC[C@@H](Cn2cc(Cl)cn2)[C@@H](O)[C@H]1O. The van der Waals surface area contributed by atoms with E-state index in [0.29, 0.717) is 11.6 Å². The molecule has 1 aliphatic rings. The van der Waals surface area contributed by atoms with Crippen molar-refractivity contribution in [2.45, 2.75) is 24.9 Å². The first-order valence-corrected chi connectivity index (χ1v) is 5.76. The van der Waals surface area contributed by atoms with E-state index >= 15 is 0 Å². The number of rotatable bonds is 3. The molecule has 0 unspecified atom stereocenters. The minimum Gasteiger partial charge on any atom is -0.394 e. The van der Waals surface area contributed by atoms with Gasteiger partial charge in [0.25, 0.3) is 0 Å². The van der Waals surface area contributed by atoms with E-state index < -0.39 is 18.3 Å². The van der Waals surface area contributed by atoms with Gasteiger partial charge in [-0.15, -0.1) is 0 Å². The normalized spacial score (nSPS) is 33.9. The summed E-state index contributed by atoms with van der Waals surface area (Å²) in [7, 11) is 0. The van der Waals surface area contributed by atoms with Crippen molar-refractivity contribution in [3.05, 3.63) is 17.4 Å². The Morgan fingerprint density at radius 1 is 1.47 bits per heavy atom. The number of halogens is 1. The van der Waals surface area contributed by atoms with Crippen molar-refractivity contribution >= 4 is 11.6 Å². The number of hydrogen-bond acceptors (Lipinski definition) is 5. The summed E-state index contributed by atoms with van der Waals surface area (Å²) in [5.41, 5.74) is 0. The van der Waals surface area contributed by atoms with Gasteiger partial charge >= 0.3 is 0 Å². The lowest BCUT2D eigenvalue weighted by molar-refractivity contribution is -0.177. The Hall–Kier alpha value is -0.660. The maximum Gasteiger partial charge on any atom is 0.109 e. The van der Waals surface area contributed by atoms with Gasteiger partial charge in [0.15, 0.2) is 0 Å². The second kappa shape index (κ2) is 5.32. The smallest absolute Gasteiger partial charge is 0.109 e. The van der Waals surface area contributed by atoms with Gasteiger partial charge in [-0.2, -0.15) is 5.10 Å². The fourth-order valence-corrected chi connectivity index (χ4v) is 2.10. The Morgan fingerprint density at radius 3 is 2.82 bits per heavy atom. The highest BCUT2D eigenvalue weighted by molar-refractivity contribution is 6.30. The lowest BCUT2D eigenvalue weighted by Crippen LogP contribution is -2.52. The molecule has 0 spiro atoms. The molecule has 0 aliphatic carbocycles. The molecule has 1 aliphatic heterocycles. The highest BCUT2D eigenvalue weighted by atomic mass is 35.5. The number of nitrogens with zero attached hydrogens (tertiary/aromatic N) is 2. The number of aromatic nitrogens is 2. The van der Waals surface area contributed by atoms with Crippen LogP contribution in [0.2, 0.25) is 5.02 Å². The Morgan fingerprint density at radius 2 is 2.24 bits per heavy atom. The van der Waals surface area contributed by atoms with Gasteiger partial charge in [0.05, 0.1) is 30.5 Å². The van der Waals surface area contributed by atoms with Crippen LogP contribution in [-0.2, 0) is 11.3 Å². The average molecular weight is 263 g/mol. The number of aliphatic hydroxyl groups excluding tert-OH is 3. The Kier molecular flexibility index (Phi) is 4.01. The van der Waals surface area contributed by atoms with Crippen LogP contribution in [0.4, 0.5) is 0 Å². The molecule has 1 fully saturated rings. The van der Waals surface area contributed by atoms with Gasteiger partial charge in [-0.1, -0.05) is 11.6 Å². The van der Waals surface area contributed by atoms with Crippen molar-refractivity contribution in [2.75, 3.05) is 13.2 Å². The van der Waals surface area contributed by atoms with Gasteiger partial charge in [-0.3, -0.25) is 4.68 Å². The predicted molar refractivity (Wildman–Crippen MR) is 59.6 cm³/mol. The molecule has 0 bridgehead atoms. The molecular weight excluding hydrogens is 248 g/mol. The van der Waals surface area contributed by atoms with Crippen molar-refractivity contribution in [3.8, 4) is 0 Å². The molecule has 1 saturated heterocycles. The lowest BCUT2D eigenvalue weighted by atomic mass is 9.92. The van der Waals surface area contributed by atoms with Crippen LogP contribution in [0, 0.1) is 5.92 Å². The number of aliphatic hydroxyl groups is 3.